The number of ether oxygens (including phenoxy) is 2. The molecule has 0 aliphatic rings. The summed E-state index contributed by atoms with van der Waals surface area (Å²) in [6.45, 7) is 3.91. The summed E-state index contributed by atoms with van der Waals surface area (Å²) >= 11 is 0. The second-order valence-electron chi connectivity index (χ2n) is 7.16. The van der Waals surface area contributed by atoms with Gasteiger partial charge in [-0.25, -0.2) is 4.79 Å². The number of methoxy groups -OCH3 is 1. The summed E-state index contributed by atoms with van der Waals surface area (Å²) in [5, 5.41) is 2.82. The van der Waals surface area contributed by atoms with Crippen LogP contribution in [0.15, 0.2) is 78.9 Å². The Balaban J connectivity index is 1.80. The number of carbonyl (C=O) groups excluding carboxylic acids is 2. The van der Waals surface area contributed by atoms with E-state index < -0.39 is 18.0 Å². The summed E-state index contributed by atoms with van der Waals surface area (Å²) in [6.07, 6.45) is 1.87. The first-order valence-electron chi connectivity index (χ1n) is 9.92. The van der Waals surface area contributed by atoms with E-state index in [0.29, 0.717) is 17.0 Å². The van der Waals surface area contributed by atoms with Crippen LogP contribution in [0.3, 0.4) is 0 Å². The molecule has 0 bridgehead atoms. The average molecular weight is 415 g/mol. The molecule has 31 heavy (non-hydrogen) atoms. The van der Waals surface area contributed by atoms with Crippen molar-refractivity contribution in [2.24, 2.45) is 0 Å². The Morgan fingerprint density at radius 3 is 2.26 bits per heavy atom. The molecule has 0 heterocycles. The summed E-state index contributed by atoms with van der Waals surface area (Å²) in [5.41, 5.74) is 4.05. The van der Waals surface area contributed by atoms with Crippen LogP contribution in [-0.4, -0.2) is 19.0 Å². The van der Waals surface area contributed by atoms with Gasteiger partial charge in [-0.05, 0) is 43.2 Å². The van der Waals surface area contributed by atoms with Gasteiger partial charge < -0.3 is 14.8 Å². The van der Waals surface area contributed by atoms with Crippen molar-refractivity contribution in [3.63, 3.8) is 0 Å². The highest BCUT2D eigenvalue weighted by molar-refractivity contribution is 5.98. The summed E-state index contributed by atoms with van der Waals surface area (Å²) in [6, 6.07) is 22.1. The van der Waals surface area contributed by atoms with E-state index in [1.165, 1.54) is 13.2 Å². The number of carbonyl (C=O) groups is 2. The fourth-order valence-electron chi connectivity index (χ4n) is 3.02. The quantitative estimate of drug-likeness (QED) is 0.423. The SMILES string of the molecule is COc1ccc(C)cc1NC(=O)[C@H](OC(=O)/C=C/c1ccc(C)cc1)c1ccccc1. The van der Waals surface area contributed by atoms with Crippen LogP contribution < -0.4 is 10.1 Å². The van der Waals surface area contributed by atoms with Crippen LogP contribution in [0.2, 0.25) is 0 Å². The van der Waals surface area contributed by atoms with E-state index in [0.717, 1.165) is 16.7 Å². The Morgan fingerprint density at radius 2 is 1.58 bits per heavy atom. The number of rotatable bonds is 7. The van der Waals surface area contributed by atoms with Crippen molar-refractivity contribution in [1.29, 1.82) is 0 Å². The van der Waals surface area contributed by atoms with Crippen molar-refractivity contribution < 1.29 is 19.1 Å². The molecule has 1 N–H and O–H groups in total. The zero-order valence-electron chi connectivity index (χ0n) is 17.8. The first-order chi connectivity index (χ1) is 15.0. The molecule has 5 nitrogen and oxygen atoms in total. The van der Waals surface area contributed by atoms with Crippen molar-refractivity contribution in [1.82, 2.24) is 0 Å². The lowest BCUT2D eigenvalue weighted by atomic mass is 10.1. The molecule has 1 amide bonds. The number of anilines is 1. The lowest BCUT2D eigenvalue weighted by molar-refractivity contribution is -0.149. The van der Waals surface area contributed by atoms with Gasteiger partial charge in [0.15, 0.2) is 0 Å². The van der Waals surface area contributed by atoms with Crippen LogP contribution in [0.5, 0.6) is 5.75 Å². The Morgan fingerprint density at radius 1 is 0.903 bits per heavy atom. The van der Waals surface area contributed by atoms with Crippen LogP contribution >= 0.6 is 0 Å². The van der Waals surface area contributed by atoms with Gasteiger partial charge in [0.1, 0.15) is 5.75 Å². The van der Waals surface area contributed by atoms with Gasteiger partial charge in [-0.1, -0.05) is 66.2 Å². The fraction of sp³-hybridized carbons (Fsp3) is 0.154. The van der Waals surface area contributed by atoms with Crippen molar-refractivity contribution >= 4 is 23.6 Å². The lowest BCUT2D eigenvalue weighted by Gasteiger charge is -2.18. The number of hydrogen-bond acceptors (Lipinski definition) is 4. The van der Waals surface area contributed by atoms with E-state index >= 15 is 0 Å². The average Bonchev–Trinajstić information content (AvgIpc) is 2.78. The maximum atomic E-state index is 13.1. The van der Waals surface area contributed by atoms with Gasteiger partial charge in [0.05, 0.1) is 12.8 Å². The van der Waals surface area contributed by atoms with Crippen LogP contribution in [0.1, 0.15) is 28.4 Å². The first kappa shape index (κ1) is 21.8. The van der Waals surface area contributed by atoms with Crippen LogP contribution in [0, 0.1) is 13.8 Å². The van der Waals surface area contributed by atoms with Gasteiger partial charge in [0.25, 0.3) is 5.91 Å². The van der Waals surface area contributed by atoms with Crippen molar-refractivity contribution in [2.75, 3.05) is 12.4 Å². The monoisotopic (exact) mass is 415 g/mol. The van der Waals surface area contributed by atoms with Crippen LogP contribution in [0.4, 0.5) is 5.69 Å². The standard InChI is InChI=1S/C26H25NO4/c1-18-9-12-20(13-10-18)14-16-24(28)31-25(21-7-5-4-6-8-21)26(29)27-22-17-19(2)11-15-23(22)30-3/h4-17,25H,1-3H3,(H,27,29)/b16-14+/t25-/m1/s1. The number of aryl methyl sites for hydroxylation is 2. The van der Waals surface area contributed by atoms with E-state index in [1.807, 2.05) is 50.2 Å². The second-order valence-corrected chi connectivity index (χ2v) is 7.16. The molecular weight excluding hydrogens is 390 g/mol. The highest BCUT2D eigenvalue weighted by atomic mass is 16.5. The van der Waals surface area contributed by atoms with E-state index in [1.54, 1.807) is 42.5 Å². The Bertz CT molecular complexity index is 1070. The topological polar surface area (TPSA) is 64.6 Å². The van der Waals surface area contributed by atoms with E-state index in [4.69, 9.17) is 9.47 Å². The second kappa shape index (κ2) is 10.3. The molecule has 3 rings (SSSR count). The number of benzene rings is 3. The van der Waals surface area contributed by atoms with Crippen molar-refractivity contribution in [2.45, 2.75) is 20.0 Å². The summed E-state index contributed by atoms with van der Waals surface area (Å²) < 4.78 is 10.9. The molecule has 0 saturated carbocycles. The Labute approximate surface area is 182 Å². The predicted molar refractivity (Wildman–Crippen MR) is 122 cm³/mol. The molecule has 0 aromatic heterocycles. The molecule has 0 aliphatic heterocycles. The molecule has 3 aromatic carbocycles. The first-order valence-corrected chi connectivity index (χ1v) is 9.92. The van der Waals surface area contributed by atoms with Crippen molar-refractivity contribution in [3.8, 4) is 5.75 Å². The summed E-state index contributed by atoms with van der Waals surface area (Å²) in [5.74, 6) is -0.552. The molecule has 0 saturated heterocycles. The lowest BCUT2D eigenvalue weighted by Crippen LogP contribution is -2.25. The van der Waals surface area contributed by atoms with E-state index in [9.17, 15) is 9.59 Å². The highest BCUT2D eigenvalue weighted by Crippen LogP contribution is 2.27. The number of hydrogen-bond donors (Lipinski definition) is 1. The molecular formula is C26H25NO4. The Hall–Kier alpha value is -3.86. The number of nitrogens with one attached hydrogen (secondary N) is 1. The van der Waals surface area contributed by atoms with Gasteiger partial charge in [0.2, 0.25) is 6.10 Å². The van der Waals surface area contributed by atoms with Crippen molar-refractivity contribution in [3.05, 3.63) is 101 Å². The van der Waals surface area contributed by atoms with Gasteiger partial charge in [0, 0.05) is 11.6 Å². The number of esters is 1. The highest BCUT2D eigenvalue weighted by Gasteiger charge is 2.25. The smallest absolute Gasteiger partial charge is 0.331 e. The van der Waals surface area contributed by atoms with Gasteiger partial charge in [-0.2, -0.15) is 0 Å². The van der Waals surface area contributed by atoms with Crippen LogP contribution in [0.25, 0.3) is 6.08 Å². The third-order valence-electron chi connectivity index (χ3n) is 4.68. The molecule has 158 valence electrons. The molecule has 0 unspecified atom stereocenters. The predicted octanol–water partition coefficient (Wildman–Crippen LogP) is 5.25. The third kappa shape index (κ3) is 6.06. The van der Waals surface area contributed by atoms with E-state index in [2.05, 4.69) is 5.32 Å². The molecule has 3 aromatic rings. The molecule has 0 radical (unpaired) electrons. The minimum Gasteiger partial charge on any atom is -0.495 e. The molecule has 5 heteroatoms. The Kier molecular flexibility index (Phi) is 7.22. The fourth-order valence-corrected chi connectivity index (χ4v) is 3.02. The number of amides is 1. The minimum atomic E-state index is -1.11. The van der Waals surface area contributed by atoms with Gasteiger partial charge in [-0.3, -0.25) is 4.79 Å². The molecule has 0 fully saturated rings. The van der Waals surface area contributed by atoms with Gasteiger partial charge in [-0.15, -0.1) is 0 Å². The minimum absolute atomic E-state index is 0.466. The van der Waals surface area contributed by atoms with Crippen LogP contribution in [-0.2, 0) is 14.3 Å². The molecule has 0 spiro atoms. The summed E-state index contributed by atoms with van der Waals surface area (Å²) in [4.78, 5) is 25.6. The maximum absolute atomic E-state index is 13.1. The van der Waals surface area contributed by atoms with E-state index in [-0.39, 0.29) is 0 Å². The largest absolute Gasteiger partial charge is 0.495 e. The normalized spacial score (nSPS) is 11.7. The maximum Gasteiger partial charge on any atom is 0.331 e. The van der Waals surface area contributed by atoms with Gasteiger partial charge >= 0.3 is 5.97 Å². The zero-order valence-corrected chi connectivity index (χ0v) is 17.8. The zero-order chi connectivity index (χ0) is 22.2. The molecule has 0 aliphatic carbocycles. The molecule has 1 atom stereocenters. The summed E-state index contributed by atoms with van der Waals surface area (Å²) in [7, 11) is 1.53. The third-order valence-corrected chi connectivity index (χ3v) is 4.68.